The number of piperidine rings is 1. The van der Waals surface area contributed by atoms with E-state index in [1.807, 2.05) is 19.2 Å². The minimum atomic E-state index is -0.151. The Bertz CT molecular complexity index is 417. The summed E-state index contributed by atoms with van der Waals surface area (Å²) in [6, 6.07) is 8.86. The smallest absolute Gasteiger partial charge is 0.123 e. The lowest BCUT2D eigenvalue weighted by Crippen LogP contribution is -2.43. The van der Waals surface area contributed by atoms with Crippen molar-refractivity contribution in [2.75, 3.05) is 14.1 Å². The van der Waals surface area contributed by atoms with Crippen molar-refractivity contribution in [2.45, 2.75) is 43.8 Å². The fraction of sp³-hybridized carbons (Fsp3) is 0.625. The average Bonchev–Trinajstić information content (AvgIpc) is 2.65. The highest BCUT2D eigenvalue weighted by Crippen LogP contribution is 2.42. The molecule has 0 amide bonds. The normalized spacial score (nSPS) is 32.5. The van der Waals surface area contributed by atoms with Crippen molar-refractivity contribution in [3.63, 3.8) is 0 Å². The maximum Gasteiger partial charge on any atom is 0.123 e. The predicted molar refractivity (Wildman–Crippen MR) is 75.5 cm³/mol. The van der Waals surface area contributed by atoms with Gasteiger partial charge in [0.05, 0.1) is 0 Å². The maximum atomic E-state index is 13.1. The standard InChI is InChI=1S/C16H23FN2/c1-18-16(11-3-5-13(17)6-4-11)12-9-14-7-8-15(10-12)19(14)2/h3-6,12,14-16,18H,7-10H2,1-2H3. The second-order valence-electron chi connectivity index (χ2n) is 6.10. The molecule has 3 unspecified atom stereocenters. The van der Waals surface area contributed by atoms with E-state index < -0.39 is 0 Å². The van der Waals surface area contributed by atoms with Gasteiger partial charge in [-0.25, -0.2) is 4.39 Å². The summed E-state index contributed by atoms with van der Waals surface area (Å²) in [5.41, 5.74) is 1.22. The molecule has 2 bridgehead atoms. The van der Waals surface area contributed by atoms with Crippen LogP contribution in [-0.2, 0) is 0 Å². The Hall–Kier alpha value is -0.930. The van der Waals surface area contributed by atoms with Crippen LogP contribution in [0.2, 0.25) is 0 Å². The van der Waals surface area contributed by atoms with Crippen LogP contribution in [0.5, 0.6) is 0 Å². The fourth-order valence-electron chi connectivity index (χ4n) is 4.07. The Kier molecular flexibility index (Phi) is 3.59. The van der Waals surface area contributed by atoms with Crippen molar-refractivity contribution in [3.05, 3.63) is 35.6 Å². The van der Waals surface area contributed by atoms with Crippen LogP contribution in [0.25, 0.3) is 0 Å². The van der Waals surface area contributed by atoms with Gasteiger partial charge in [-0.1, -0.05) is 12.1 Å². The number of hydrogen-bond donors (Lipinski definition) is 1. The molecule has 104 valence electrons. The van der Waals surface area contributed by atoms with E-state index in [-0.39, 0.29) is 5.82 Å². The van der Waals surface area contributed by atoms with E-state index in [0.29, 0.717) is 12.0 Å². The Morgan fingerprint density at radius 2 is 1.74 bits per heavy atom. The Morgan fingerprint density at radius 3 is 2.26 bits per heavy atom. The summed E-state index contributed by atoms with van der Waals surface area (Å²) in [6.45, 7) is 0. The van der Waals surface area contributed by atoms with Gasteiger partial charge in [0.2, 0.25) is 0 Å². The maximum absolute atomic E-state index is 13.1. The molecule has 0 aliphatic carbocycles. The zero-order valence-corrected chi connectivity index (χ0v) is 11.8. The first-order chi connectivity index (χ1) is 9.19. The van der Waals surface area contributed by atoms with Crippen molar-refractivity contribution in [3.8, 4) is 0 Å². The van der Waals surface area contributed by atoms with E-state index in [9.17, 15) is 4.39 Å². The van der Waals surface area contributed by atoms with E-state index in [1.165, 1.54) is 31.2 Å². The molecule has 0 radical (unpaired) electrons. The molecule has 3 atom stereocenters. The third-order valence-corrected chi connectivity index (χ3v) is 5.15. The minimum absolute atomic E-state index is 0.151. The highest BCUT2D eigenvalue weighted by Gasteiger charge is 2.40. The summed E-state index contributed by atoms with van der Waals surface area (Å²) < 4.78 is 13.1. The molecule has 2 aliphatic heterocycles. The van der Waals surface area contributed by atoms with Gasteiger partial charge in [-0.05, 0) is 63.4 Å². The molecule has 0 saturated carbocycles. The van der Waals surface area contributed by atoms with E-state index in [0.717, 1.165) is 12.1 Å². The highest BCUT2D eigenvalue weighted by molar-refractivity contribution is 5.21. The van der Waals surface area contributed by atoms with Gasteiger partial charge in [-0.3, -0.25) is 0 Å². The van der Waals surface area contributed by atoms with Crippen LogP contribution in [0.4, 0.5) is 4.39 Å². The summed E-state index contributed by atoms with van der Waals surface area (Å²) in [5.74, 6) is 0.520. The van der Waals surface area contributed by atoms with Crippen LogP contribution in [0.15, 0.2) is 24.3 Å². The lowest BCUT2D eigenvalue weighted by atomic mass is 9.82. The summed E-state index contributed by atoms with van der Waals surface area (Å²) in [5, 5.41) is 3.45. The largest absolute Gasteiger partial charge is 0.313 e. The van der Waals surface area contributed by atoms with E-state index >= 15 is 0 Å². The molecule has 2 saturated heterocycles. The first kappa shape index (κ1) is 13.1. The number of fused-ring (bicyclic) bond motifs is 2. The van der Waals surface area contributed by atoms with Crippen LogP contribution in [-0.4, -0.2) is 31.1 Å². The van der Waals surface area contributed by atoms with Gasteiger partial charge < -0.3 is 10.2 Å². The first-order valence-electron chi connectivity index (χ1n) is 7.33. The van der Waals surface area contributed by atoms with Crippen LogP contribution >= 0.6 is 0 Å². The second-order valence-corrected chi connectivity index (χ2v) is 6.10. The van der Waals surface area contributed by atoms with Crippen LogP contribution in [0.3, 0.4) is 0 Å². The fourth-order valence-corrected chi connectivity index (χ4v) is 4.07. The summed E-state index contributed by atoms with van der Waals surface area (Å²) in [4.78, 5) is 2.56. The van der Waals surface area contributed by atoms with Gasteiger partial charge in [0.25, 0.3) is 0 Å². The molecule has 2 fully saturated rings. The van der Waals surface area contributed by atoms with E-state index in [4.69, 9.17) is 0 Å². The third-order valence-electron chi connectivity index (χ3n) is 5.15. The van der Waals surface area contributed by atoms with Gasteiger partial charge in [0.1, 0.15) is 5.82 Å². The number of nitrogens with one attached hydrogen (secondary N) is 1. The van der Waals surface area contributed by atoms with Crippen molar-refractivity contribution in [1.82, 2.24) is 10.2 Å². The Morgan fingerprint density at radius 1 is 1.16 bits per heavy atom. The molecule has 19 heavy (non-hydrogen) atoms. The molecule has 0 aromatic heterocycles. The van der Waals surface area contributed by atoms with Crippen LogP contribution < -0.4 is 5.32 Å². The van der Waals surface area contributed by atoms with Gasteiger partial charge >= 0.3 is 0 Å². The van der Waals surface area contributed by atoms with Gasteiger partial charge in [-0.15, -0.1) is 0 Å². The average molecular weight is 262 g/mol. The number of nitrogens with zero attached hydrogens (tertiary/aromatic N) is 1. The molecule has 0 spiro atoms. The summed E-state index contributed by atoms with van der Waals surface area (Å²) >= 11 is 0. The zero-order chi connectivity index (χ0) is 13.4. The second kappa shape index (κ2) is 5.22. The summed E-state index contributed by atoms with van der Waals surface area (Å²) in [6.07, 6.45) is 5.21. The van der Waals surface area contributed by atoms with E-state index in [2.05, 4.69) is 17.3 Å². The number of hydrogen-bond acceptors (Lipinski definition) is 2. The Labute approximate surface area is 115 Å². The number of halogens is 1. The Balaban J connectivity index is 1.78. The van der Waals surface area contributed by atoms with Gasteiger partial charge in [-0.2, -0.15) is 0 Å². The molecule has 3 rings (SSSR count). The van der Waals surface area contributed by atoms with E-state index in [1.54, 1.807) is 12.1 Å². The van der Waals surface area contributed by atoms with Crippen molar-refractivity contribution >= 4 is 0 Å². The van der Waals surface area contributed by atoms with Gasteiger partial charge in [0, 0.05) is 18.1 Å². The van der Waals surface area contributed by atoms with Crippen molar-refractivity contribution < 1.29 is 4.39 Å². The highest BCUT2D eigenvalue weighted by atomic mass is 19.1. The minimum Gasteiger partial charge on any atom is -0.313 e. The summed E-state index contributed by atoms with van der Waals surface area (Å²) in [7, 11) is 4.29. The SMILES string of the molecule is CNC(c1ccc(F)cc1)C1CC2CCC(C1)N2C. The molecule has 1 aromatic carbocycles. The molecule has 2 nitrogen and oxygen atoms in total. The molecule has 3 heteroatoms. The third kappa shape index (κ3) is 2.41. The molecule has 1 aromatic rings. The quantitative estimate of drug-likeness (QED) is 0.901. The molecule has 2 aliphatic rings. The lowest BCUT2D eigenvalue weighted by Gasteiger charge is -2.40. The molecular weight excluding hydrogens is 239 g/mol. The number of benzene rings is 1. The molecular formula is C16H23FN2. The first-order valence-corrected chi connectivity index (χ1v) is 7.33. The van der Waals surface area contributed by atoms with Crippen LogP contribution in [0, 0.1) is 11.7 Å². The number of rotatable bonds is 3. The van der Waals surface area contributed by atoms with Gasteiger partial charge in [0.15, 0.2) is 0 Å². The van der Waals surface area contributed by atoms with Crippen molar-refractivity contribution in [2.24, 2.45) is 5.92 Å². The van der Waals surface area contributed by atoms with Crippen molar-refractivity contribution in [1.29, 1.82) is 0 Å². The zero-order valence-electron chi connectivity index (χ0n) is 11.8. The lowest BCUT2D eigenvalue weighted by molar-refractivity contribution is 0.114. The molecule has 2 heterocycles. The van der Waals surface area contributed by atoms with Crippen LogP contribution in [0.1, 0.15) is 37.3 Å². The topological polar surface area (TPSA) is 15.3 Å². The molecule has 1 N–H and O–H groups in total. The predicted octanol–water partition coefficient (Wildman–Crippen LogP) is 2.96. The monoisotopic (exact) mass is 262 g/mol.